The van der Waals surface area contributed by atoms with Crippen LogP contribution in [0.15, 0.2) is 42.5 Å². The Kier molecular flexibility index (Phi) is 13.6. The Hall–Kier alpha value is -3.47. The fraction of sp³-hybridized carbons (Fsp3) is 0.517. The minimum absolute atomic E-state index is 0.0626. The average Bonchev–Trinajstić information content (AvgIpc) is 2.89. The van der Waals surface area contributed by atoms with E-state index in [0.717, 1.165) is 11.1 Å². The Balaban J connectivity index is 1.96. The molecule has 222 valence electrons. The van der Waals surface area contributed by atoms with Crippen LogP contribution in [-0.4, -0.2) is 67.7 Å². The molecule has 1 unspecified atom stereocenters. The Labute approximate surface area is 233 Å². The first-order chi connectivity index (χ1) is 19.0. The van der Waals surface area contributed by atoms with Crippen molar-refractivity contribution in [2.24, 2.45) is 0 Å². The van der Waals surface area contributed by atoms with E-state index in [4.69, 9.17) is 14.2 Å². The molecule has 2 N–H and O–H groups in total. The molecular formula is C29H39F3N2O6. The van der Waals surface area contributed by atoms with Crippen molar-refractivity contribution in [1.29, 1.82) is 0 Å². The summed E-state index contributed by atoms with van der Waals surface area (Å²) in [5.74, 6) is 0.0425. The van der Waals surface area contributed by atoms with Crippen LogP contribution in [0.2, 0.25) is 0 Å². The summed E-state index contributed by atoms with van der Waals surface area (Å²) in [4.78, 5) is 26.0. The molecule has 11 heteroatoms. The van der Waals surface area contributed by atoms with Crippen LogP contribution in [0.5, 0.6) is 11.5 Å². The van der Waals surface area contributed by atoms with E-state index in [0.29, 0.717) is 49.6 Å². The number of halogens is 3. The normalized spacial score (nSPS) is 12.1. The van der Waals surface area contributed by atoms with E-state index in [1.165, 1.54) is 7.11 Å². The second-order valence-electron chi connectivity index (χ2n) is 9.38. The number of alkyl halides is 3. The molecule has 40 heavy (non-hydrogen) atoms. The molecule has 2 rings (SSSR count). The summed E-state index contributed by atoms with van der Waals surface area (Å²) in [5.41, 5.74) is 2.24. The number of unbranched alkanes of at least 4 members (excludes halogenated alkanes) is 3. The maximum atomic E-state index is 13.1. The van der Waals surface area contributed by atoms with Gasteiger partial charge in [0.15, 0.2) is 6.10 Å². The molecule has 0 saturated heterocycles. The van der Waals surface area contributed by atoms with Gasteiger partial charge in [-0.25, -0.2) is 9.59 Å². The number of aryl methyl sites for hydroxylation is 1. The third-order valence-corrected chi connectivity index (χ3v) is 6.14. The molecule has 0 saturated carbocycles. The number of methoxy groups -OCH3 is 1. The average molecular weight is 569 g/mol. The number of urea groups is 1. The number of rotatable bonds is 17. The van der Waals surface area contributed by atoms with Gasteiger partial charge in [0.1, 0.15) is 18.1 Å². The summed E-state index contributed by atoms with van der Waals surface area (Å²) >= 11 is 0. The van der Waals surface area contributed by atoms with Crippen molar-refractivity contribution in [3.8, 4) is 11.5 Å². The quantitative estimate of drug-likeness (QED) is 0.213. The van der Waals surface area contributed by atoms with E-state index < -0.39 is 24.7 Å². The van der Waals surface area contributed by atoms with Gasteiger partial charge in [0, 0.05) is 26.0 Å². The van der Waals surface area contributed by atoms with Crippen LogP contribution in [-0.2, 0) is 16.0 Å². The fourth-order valence-electron chi connectivity index (χ4n) is 4.04. The third-order valence-electron chi connectivity index (χ3n) is 6.14. The van der Waals surface area contributed by atoms with Gasteiger partial charge in [-0.05, 0) is 62.1 Å². The zero-order valence-corrected chi connectivity index (χ0v) is 23.3. The predicted octanol–water partition coefficient (Wildman–Crippen LogP) is 6.46. The van der Waals surface area contributed by atoms with Crippen molar-refractivity contribution in [2.45, 2.75) is 64.7 Å². The van der Waals surface area contributed by atoms with Crippen LogP contribution < -0.4 is 14.8 Å². The zero-order chi connectivity index (χ0) is 29.5. The van der Waals surface area contributed by atoms with E-state index >= 15 is 0 Å². The molecule has 0 heterocycles. The standard InChI is InChI=1S/C29H39F3N2O6/c1-4-39-26(27(35)36)20-22-10-12-23(13-11-22)40-18-17-34(16-8-6-5-7-15-29(30,31)32)28(37)33-24-19-21(2)9-14-25(24)38-3/h9-14,19,26H,4-8,15-18,20H2,1-3H3,(H,33,37)(H,35,36). The molecule has 0 spiro atoms. The molecule has 0 aliphatic heterocycles. The highest BCUT2D eigenvalue weighted by molar-refractivity contribution is 5.91. The maximum Gasteiger partial charge on any atom is 0.389 e. The van der Waals surface area contributed by atoms with Gasteiger partial charge >= 0.3 is 18.2 Å². The highest BCUT2D eigenvalue weighted by Crippen LogP contribution is 2.26. The van der Waals surface area contributed by atoms with Crippen molar-refractivity contribution in [2.75, 3.05) is 38.7 Å². The molecule has 2 aromatic carbocycles. The number of nitrogens with one attached hydrogen (secondary N) is 1. The van der Waals surface area contributed by atoms with Crippen LogP contribution >= 0.6 is 0 Å². The molecule has 8 nitrogen and oxygen atoms in total. The van der Waals surface area contributed by atoms with Crippen molar-refractivity contribution in [3.05, 3.63) is 53.6 Å². The van der Waals surface area contributed by atoms with Gasteiger partial charge in [0.25, 0.3) is 0 Å². The molecular weight excluding hydrogens is 529 g/mol. The minimum Gasteiger partial charge on any atom is -0.495 e. The van der Waals surface area contributed by atoms with E-state index in [9.17, 15) is 27.9 Å². The van der Waals surface area contributed by atoms with Gasteiger partial charge in [-0.1, -0.05) is 31.0 Å². The molecule has 0 fully saturated rings. The highest BCUT2D eigenvalue weighted by Gasteiger charge is 2.25. The topological polar surface area (TPSA) is 97.3 Å². The SMILES string of the molecule is CCOC(Cc1ccc(OCCN(CCCCCCC(F)(F)F)C(=O)Nc2cc(C)ccc2OC)cc1)C(=O)O. The van der Waals surface area contributed by atoms with Crippen molar-refractivity contribution in [3.63, 3.8) is 0 Å². The Morgan fingerprint density at radius 3 is 2.35 bits per heavy atom. The number of hydrogen-bond donors (Lipinski definition) is 2. The second-order valence-corrected chi connectivity index (χ2v) is 9.38. The summed E-state index contributed by atoms with van der Waals surface area (Å²) in [7, 11) is 1.51. The van der Waals surface area contributed by atoms with Gasteiger partial charge in [-0.3, -0.25) is 0 Å². The lowest BCUT2D eigenvalue weighted by atomic mass is 10.1. The molecule has 1 atom stereocenters. The van der Waals surface area contributed by atoms with Gasteiger partial charge < -0.3 is 29.5 Å². The Morgan fingerprint density at radius 1 is 1.02 bits per heavy atom. The van der Waals surface area contributed by atoms with Gasteiger partial charge in [0.2, 0.25) is 0 Å². The lowest BCUT2D eigenvalue weighted by Gasteiger charge is -2.24. The van der Waals surface area contributed by atoms with E-state index in [-0.39, 0.29) is 32.0 Å². The third kappa shape index (κ3) is 12.1. The van der Waals surface area contributed by atoms with Crippen molar-refractivity contribution >= 4 is 17.7 Å². The van der Waals surface area contributed by atoms with Crippen LogP contribution in [0.1, 0.15) is 50.2 Å². The first kappa shape index (κ1) is 32.7. The summed E-state index contributed by atoms with van der Waals surface area (Å²) < 4.78 is 53.6. The first-order valence-corrected chi connectivity index (χ1v) is 13.4. The number of carbonyl (C=O) groups excluding carboxylic acids is 1. The predicted molar refractivity (Wildman–Crippen MR) is 146 cm³/mol. The van der Waals surface area contributed by atoms with E-state index in [1.807, 2.05) is 13.0 Å². The number of carbonyl (C=O) groups is 2. The molecule has 0 bridgehead atoms. The number of amides is 2. The molecule has 0 aromatic heterocycles. The van der Waals surface area contributed by atoms with Gasteiger partial charge in [-0.2, -0.15) is 13.2 Å². The molecule has 0 radical (unpaired) electrons. The van der Waals surface area contributed by atoms with Crippen LogP contribution in [0.4, 0.5) is 23.7 Å². The lowest BCUT2D eigenvalue weighted by Crippen LogP contribution is -2.38. The van der Waals surface area contributed by atoms with Crippen LogP contribution in [0.25, 0.3) is 0 Å². The number of hydrogen-bond acceptors (Lipinski definition) is 5. The minimum atomic E-state index is -4.16. The molecule has 2 amide bonds. The number of aliphatic carboxylic acids is 1. The summed E-state index contributed by atoms with van der Waals surface area (Å²) in [5, 5.41) is 12.1. The Morgan fingerprint density at radius 2 is 1.73 bits per heavy atom. The van der Waals surface area contributed by atoms with Crippen molar-refractivity contribution in [1.82, 2.24) is 4.90 Å². The summed E-state index contributed by atoms with van der Waals surface area (Å²) in [6.45, 7) is 4.71. The molecule has 0 aliphatic carbocycles. The fourth-order valence-corrected chi connectivity index (χ4v) is 4.04. The monoisotopic (exact) mass is 568 g/mol. The van der Waals surface area contributed by atoms with Crippen molar-refractivity contribution < 1.29 is 42.1 Å². The number of ether oxygens (including phenoxy) is 3. The molecule has 0 aliphatic rings. The number of carboxylic acids is 1. The Bertz CT molecular complexity index is 1060. The number of carboxylic acid groups (broad SMARTS) is 1. The summed E-state index contributed by atoms with van der Waals surface area (Å²) in [6, 6.07) is 12.0. The number of nitrogens with zero attached hydrogens (tertiary/aromatic N) is 1. The highest BCUT2D eigenvalue weighted by atomic mass is 19.4. The number of anilines is 1. The first-order valence-electron chi connectivity index (χ1n) is 13.4. The zero-order valence-electron chi connectivity index (χ0n) is 23.3. The smallest absolute Gasteiger partial charge is 0.389 e. The van der Waals surface area contributed by atoms with Crippen LogP contribution in [0, 0.1) is 6.92 Å². The number of benzene rings is 2. The second kappa shape index (κ2) is 16.6. The summed E-state index contributed by atoms with van der Waals surface area (Å²) in [6.07, 6.45) is -4.06. The lowest BCUT2D eigenvalue weighted by molar-refractivity contribution is -0.150. The maximum absolute atomic E-state index is 13.1. The van der Waals surface area contributed by atoms with Gasteiger partial charge in [-0.15, -0.1) is 0 Å². The van der Waals surface area contributed by atoms with Gasteiger partial charge in [0.05, 0.1) is 19.3 Å². The van der Waals surface area contributed by atoms with Crippen LogP contribution in [0.3, 0.4) is 0 Å². The molecule has 2 aromatic rings. The van der Waals surface area contributed by atoms with E-state index in [2.05, 4.69) is 5.32 Å². The largest absolute Gasteiger partial charge is 0.495 e. The van der Waals surface area contributed by atoms with E-state index in [1.54, 1.807) is 48.2 Å².